The molecule has 0 spiro atoms. The van der Waals surface area contributed by atoms with Crippen molar-refractivity contribution < 1.29 is 3.63 Å². The maximum Gasteiger partial charge on any atom is 0.0391 e. The highest BCUT2D eigenvalue weighted by Gasteiger charge is 1.86. The van der Waals surface area contributed by atoms with E-state index in [0.717, 1.165) is 11.5 Å². The summed E-state index contributed by atoms with van der Waals surface area (Å²) in [5.41, 5.74) is 0. The molecule has 0 aliphatic heterocycles. The first-order chi connectivity index (χ1) is 7.41. The lowest BCUT2D eigenvalue weighted by Crippen LogP contribution is -1.74. The Balaban J connectivity index is 3.04. The van der Waals surface area contributed by atoms with Crippen LogP contribution >= 0.6 is 24.1 Å². The van der Waals surface area contributed by atoms with Gasteiger partial charge in [-0.1, -0.05) is 51.0 Å². The monoisotopic (exact) mass is 246 g/mol. The van der Waals surface area contributed by atoms with Gasteiger partial charge < -0.3 is 0 Å². The molecule has 0 heterocycles. The van der Waals surface area contributed by atoms with E-state index in [4.69, 9.17) is 3.63 Å². The van der Waals surface area contributed by atoms with Crippen LogP contribution < -0.4 is 0 Å². The van der Waals surface area contributed by atoms with Crippen molar-refractivity contribution in [1.82, 2.24) is 0 Å². The summed E-state index contributed by atoms with van der Waals surface area (Å²) in [6.07, 6.45) is 13.5. The standard InChI is InChI=1S/C12H22OS2/c1-3-5-7-9-11-14-13-15-12-10-8-6-4-2/h7-10H,3-6,11-12H2,1-2H3/b9-7+,10-8+. The fraction of sp³-hybridized carbons (Fsp3) is 0.667. The number of allylic oxidation sites excluding steroid dienone is 2. The fourth-order valence-corrected chi connectivity index (χ4v) is 2.02. The molecule has 0 aromatic rings. The molecular weight excluding hydrogens is 224 g/mol. The van der Waals surface area contributed by atoms with Gasteiger partial charge in [-0.3, -0.25) is 0 Å². The van der Waals surface area contributed by atoms with Crippen LogP contribution in [-0.4, -0.2) is 11.5 Å². The Morgan fingerprint density at radius 3 is 1.67 bits per heavy atom. The van der Waals surface area contributed by atoms with Gasteiger partial charge in [0.2, 0.25) is 0 Å². The zero-order chi connectivity index (χ0) is 11.2. The molecule has 0 unspecified atom stereocenters. The van der Waals surface area contributed by atoms with Gasteiger partial charge in [0, 0.05) is 35.6 Å². The van der Waals surface area contributed by atoms with Gasteiger partial charge >= 0.3 is 0 Å². The van der Waals surface area contributed by atoms with Crippen LogP contribution in [0.1, 0.15) is 39.5 Å². The first kappa shape index (κ1) is 15.1. The summed E-state index contributed by atoms with van der Waals surface area (Å²) >= 11 is 3.02. The largest absolute Gasteiger partial charge is 0.247 e. The maximum absolute atomic E-state index is 5.32. The second-order valence-corrected chi connectivity index (χ2v) is 4.84. The summed E-state index contributed by atoms with van der Waals surface area (Å²) < 4.78 is 5.32. The summed E-state index contributed by atoms with van der Waals surface area (Å²) in [5, 5.41) is 0. The van der Waals surface area contributed by atoms with Crippen LogP contribution in [0.4, 0.5) is 0 Å². The zero-order valence-corrected chi connectivity index (χ0v) is 11.4. The number of hydrogen-bond donors (Lipinski definition) is 0. The van der Waals surface area contributed by atoms with Gasteiger partial charge in [-0.2, -0.15) is 0 Å². The second kappa shape index (κ2) is 14.1. The van der Waals surface area contributed by atoms with E-state index in [9.17, 15) is 0 Å². The molecule has 1 nitrogen and oxygen atoms in total. The Bertz CT molecular complexity index is 149. The smallest absolute Gasteiger partial charge is 0.0391 e. The molecule has 88 valence electrons. The predicted molar refractivity (Wildman–Crippen MR) is 74.1 cm³/mol. The van der Waals surface area contributed by atoms with E-state index < -0.39 is 0 Å². The summed E-state index contributed by atoms with van der Waals surface area (Å²) in [6, 6.07) is 0. The normalized spacial score (nSPS) is 11.9. The van der Waals surface area contributed by atoms with Crippen molar-refractivity contribution in [3.8, 4) is 0 Å². The van der Waals surface area contributed by atoms with Crippen LogP contribution in [0.3, 0.4) is 0 Å². The Kier molecular flexibility index (Phi) is 14.3. The highest BCUT2D eigenvalue weighted by atomic mass is 32.2. The summed E-state index contributed by atoms with van der Waals surface area (Å²) in [7, 11) is 0. The molecule has 0 fully saturated rings. The minimum atomic E-state index is 0.950. The van der Waals surface area contributed by atoms with Crippen LogP contribution in [-0.2, 0) is 3.63 Å². The Hall–Kier alpha value is 0.140. The molecular formula is C12H22OS2. The Morgan fingerprint density at radius 2 is 1.27 bits per heavy atom. The molecule has 0 saturated carbocycles. The highest BCUT2D eigenvalue weighted by Crippen LogP contribution is 2.15. The van der Waals surface area contributed by atoms with Crippen molar-refractivity contribution in [3.63, 3.8) is 0 Å². The fourth-order valence-electron chi connectivity index (χ4n) is 0.873. The summed E-state index contributed by atoms with van der Waals surface area (Å²) in [5.74, 6) is 1.90. The van der Waals surface area contributed by atoms with Crippen LogP contribution in [0.2, 0.25) is 0 Å². The number of hydrogen-bond acceptors (Lipinski definition) is 3. The number of rotatable bonds is 10. The molecule has 0 atom stereocenters. The first-order valence-corrected chi connectivity index (χ1v) is 7.45. The zero-order valence-electron chi connectivity index (χ0n) is 9.78. The van der Waals surface area contributed by atoms with Crippen molar-refractivity contribution in [3.05, 3.63) is 24.3 Å². The van der Waals surface area contributed by atoms with E-state index in [-0.39, 0.29) is 0 Å². The minimum absolute atomic E-state index is 0.950. The molecule has 0 radical (unpaired) electrons. The third-order valence-electron chi connectivity index (χ3n) is 1.67. The molecule has 0 aromatic heterocycles. The lowest BCUT2D eigenvalue weighted by atomic mass is 10.3. The second-order valence-electron chi connectivity index (χ2n) is 3.16. The average Bonchev–Trinajstić information content (AvgIpc) is 2.26. The molecule has 0 N–H and O–H groups in total. The van der Waals surface area contributed by atoms with Crippen molar-refractivity contribution in [2.75, 3.05) is 11.5 Å². The third-order valence-corrected chi connectivity index (χ3v) is 3.10. The summed E-state index contributed by atoms with van der Waals surface area (Å²) in [4.78, 5) is 0. The maximum atomic E-state index is 5.32. The lowest BCUT2D eigenvalue weighted by molar-refractivity contribution is 0.763. The van der Waals surface area contributed by atoms with Gasteiger partial charge in [0.05, 0.1) is 0 Å². The molecule has 0 bridgehead atoms. The van der Waals surface area contributed by atoms with Crippen LogP contribution in [0, 0.1) is 0 Å². The van der Waals surface area contributed by atoms with Crippen molar-refractivity contribution in [2.45, 2.75) is 39.5 Å². The highest BCUT2D eigenvalue weighted by molar-refractivity contribution is 8.08. The lowest BCUT2D eigenvalue weighted by Gasteiger charge is -1.95. The molecule has 0 rings (SSSR count). The quantitative estimate of drug-likeness (QED) is 0.304. The van der Waals surface area contributed by atoms with E-state index >= 15 is 0 Å². The van der Waals surface area contributed by atoms with Gasteiger partial charge in [-0.15, -0.1) is 0 Å². The van der Waals surface area contributed by atoms with Gasteiger partial charge in [0.1, 0.15) is 0 Å². The minimum Gasteiger partial charge on any atom is -0.247 e. The van der Waals surface area contributed by atoms with Crippen molar-refractivity contribution in [2.24, 2.45) is 0 Å². The van der Waals surface area contributed by atoms with E-state index in [1.54, 1.807) is 0 Å². The molecule has 0 aliphatic carbocycles. The van der Waals surface area contributed by atoms with Gasteiger partial charge in [-0.25, -0.2) is 3.63 Å². The van der Waals surface area contributed by atoms with E-state index in [1.165, 1.54) is 49.8 Å². The average molecular weight is 246 g/mol. The van der Waals surface area contributed by atoms with Gasteiger partial charge in [0.15, 0.2) is 0 Å². The molecule has 0 amide bonds. The molecule has 15 heavy (non-hydrogen) atoms. The third kappa shape index (κ3) is 14.1. The van der Waals surface area contributed by atoms with E-state index in [0.29, 0.717) is 0 Å². The predicted octanol–water partition coefficient (Wildman–Crippen LogP) is 5.01. The first-order valence-electron chi connectivity index (χ1n) is 5.62. The Labute approximate surface area is 103 Å². The molecule has 3 heteroatoms. The van der Waals surface area contributed by atoms with Crippen LogP contribution in [0.15, 0.2) is 24.3 Å². The SMILES string of the molecule is CCC/C=C/CSOSC/C=C/CCC. The van der Waals surface area contributed by atoms with E-state index in [2.05, 4.69) is 38.2 Å². The van der Waals surface area contributed by atoms with Crippen molar-refractivity contribution in [1.29, 1.82) is 0 Å². The topological polar surface area (TPSA) is 9.23 Å². The number of unbranched alkanes of at least 4 members (excludes halogenated alkanes) is 2. The molecule has 0 aromatic carbocycles. The Morgan fingerprint density at radius 1 is 0.800 bits per heavy atom. The van der Waals surface area contributed by atoms with Gasteiger partial charge in [0.25, 0.3) is 0 Å². The molecule has 0 saturated heterocycles. The summed E-state index contributed by atoms with van der Waals surface area (Å²) in [6.45, 7) is 4.37. The van der Waals surface area contributed by atoms with Crippen LogP contribution in [0.5, 0.6) is 0 Å². The van der Waals surface area contributed by atoms with Crippen molar-refractivity contribution >= 4 is 24.1 Å². The van der Waals surface area contributed by atoms with Crippen LogP contribution in [0.25, 0.3) is 0 Å². The van der Waals surface area contributed by atoms with E-state index in [1.807, 2.05) is 0 Å². The molecule has 0 aliphatic rings. The van der Waals surface area contributed by atoms with Gasteiger partial charge in [-0.05, 0) is 12.8 Å².